The van der Waals surface area contributed by atoms with Crippen LogP contribution in [-0.2, 0) is 24.1 Å². The number of likely N-dealkylation sites (N-methyl/N-ethyl adjacent to an activating group) is 1. The minimum atomic E-state index is -0.987. The number of nitrogens with one attached hydrogen (secondary N) is 1. The maximum absolute atomic E-state index is 14.1. The van der Waals surface area contributed by atoms with E-state index in [2.05, 4.69) is 33.5 Å². The Labute approximate surface area is 197 Å². The molecule has 10 heteroatoms. The molecule has 3 heterocycles. The highest BCUT2D eigenvalue weighted by molar-refractivity contribution is 5.68. The average molecular weight is 470 g/mol. The number of aryl methyl sites for hydroxylation is 2. The first-order valence-electron chi connectivity index (χ1n) is 11.2. The standard InChI is InChI=1S/C24H28FN5O4/c1-30-11-10-26-24-19(30)8-7-17(27-24)4-3-5-21-28-22(34-29-21)13-16(14-23(31)32)15-6-9-20(33-2)18(25)12-15/h6-9,12,16H,3-5,10-11,13-14H2,1-2H3,(H,26,27)(H,31,32). The second kappa shape index (κ2) is 10.5. The van der Waals surface area contributed by atoms with Crippen molar-refractivity contribution in [3.05, 3.63) is 59.1 Å². The minimum absolute atomic E-state index is 0.106. The summed E-state index contributed by atoms with van der Waals surface area (Å²) in [6, 6.07) is 8.56. The number of benzene rings is 1. The van der Waals surface area contributed by atoms with E-state index in [9.17, 15) is 14.3 Å². The van der Waals surface area contributed by atoms with Crippen LogP contribution in [0.3, 0.4) is 0 Å². The Morgan fingerprint density at radius 1 is 1.29 bits per heavy atom. The molecule has 0 saturated heterocycles. The number of carbonyl (C=O) groups is 1. The number of carboxylic acids is 1. The molecule has 0 bridgehead atoms. The van der Waals surface area contributed by atoms with Crippen molar-refractivity contribution in [2.75, 3.05) is 37.5 Å². The zero-order valence-corrected chi connectivity index (χ0v) is 19.3. The number of rotatable bonds is 10. The average Bonchev–Trinajstić information content (AvgIpc) is 3.25. The topological polar surface area (TPSA) is 114 Å². The highest BCUT2D eigenvalue weighted by atomic mass is 19.1. The molecule has 1 aliphatic rings. The summed E-state index contributed by atoms with van der Waals surface area (Å²) >= 11 is 0. The van der Waals surface area contributed by atoms with Gasteiger partial charge in [-0.3, -0.25) is 4.79 Å². The predicted octanol–water partition coefficient (Wildman–Crippen LogP) is 3.45. The lowest BCUT2D eigenvalue weighted by Gasteiger charge is -2.27. The Morgan fingerprint density at radius 2 is 2.15 bits per heavy atom. The van der Waals surface area contributed by atoms with Crippen molar-refractivity contribution in [1.29, 1.82) is 0 Å². The highest BCUT2D eigenvalue weighted by Gasteiger charge is 2.21. The van der Waals surface area contributed by atoms with Crippen molar-refractivity contribution in [2.24, 2.45) is 0 Å². The second-order valence-corrected chi connectivity index (χ2v) is 8.37. The lowest BCUT2D eigenvalue weighted by atomic mass is 9.92. The van der Waals surface area contributed by atoms with Crippen LogP contribution in [0, 0.1) is 5.82 Å². The Bertz CT molecular complexity index is 1150. The van der Waals surface area contributed by atoms with E-state index >= 15 is 0 Å². The van der Waals surface area contributed by atoms with Gasteiger partial charge in [-0.15, -0.1) is 0 Å². The van der Waals surface area contributed by atoms with Crippen LogP contribution in [0.4, 0.5) is 15.9 Å². The third kappa shape index (κ3) is 5.62. The summed E-state index contributed by atoms with van der Waals surface area (Å²) in [6.45, 7) is 1.83. The van der Waals surface area contributed by atoms with Crippen molar-refractivity contribution in [3.63, 3.8) is 0 Å². The first kappa shape index (κ1) is 23.5. The molecule has 34 heavy (non-hydrogen) atoms. The molecule has 9 nitrogen and oxygen atoms in total. The number of carboxylic acid groups (broad SMARTS) is 1. The third-order valence-electron chi connectivity index (χ3n) is 5.92. The lowest BCUT2D eigenvalue weighted by Crippen LogP contribution is -2.31. The van der Waals surface area contributed by atoms with E-state index in [-0.39, 0.29) is 18.6 Å². The van der Waals surface area contributed by atoms with Gasteiger partial charge in [0.15, 0.2) is 17.4 Å². The zero-order valence-electron chi connectivity index (χ0n) is 19.3. The molecule has 0 saturated carbocycles. The molecule has 2 aromatic heterocycles. The molecule has 4 rings (SSSR count). The minimum Gasteiger partial charge on any atom is -0.494 e. The Balaban J connectivity index is 1.36. The van der Waals surface area contributed by atoms with Crippen LogP contribution in [0.2, 0.25) is 0 Å². The van der Waals surface area contributed by atoms with Crippen molar-refractivity contribution in [1.82, 2.24) is 15.1 Å². The number of aromatic nitrogens is 3. The monoisotopic (exact) mass is 469 g/mol. The summed E-state index contributed by atoms with van der Waals surface area (Å²) in [5, 5.41) is 16.7. The van der Waals surface area contributed by atoms with Crippen LogP contribution < -0.4 is 15.0 Å². The van der Waals surface area contributed by atoms with Gasteiger partial charge in [-0.1, -0.05) is 11.2 Å². The number of halogens is 1. The summed E-state index contributed by atoms with van der Waals surface area (Å²) in [7, 11) is 3.44. The third-order valence-corrected chi connectivity index (χ3v) is 5.92. The van der Waals surface area contributed by atoms with Crippen LogP contribution in [-0.4, -0.2) is 53.4 Å². The number of pyridine rings is 1. The molecule has 2 N–H and O–H groups in total. The highest BCUT2D eigenvalue weighted by Crippen LogP contribution is 2.29. The van der Waals surface area contributed by atoms with E-state index in [1.165, 1.54) is 19.2 Å². The van der Waals surface area contributed by atoms with E-state index in [1.807, 2.05) is 6.07 Å². The smallest absolute Gasteiger partial charge is 0.303 e. The van der Waals surface area contributed by atoms with Crippen LogP contribution in [0.15, 0.2) is 34.9 Å². The maximum Gasteiger partial charge on any atom is 0.303 e. The van der Waals surface area contributed by atoms with Gasteiger partial charge in [0.2, 0.25) is 5.89 Å². The number of hydrogen-bond acceptors (Lipinski definition) is 8. The fourth-order valence-corrected chi connectivity index (χ4v) is 4.10. The van der Waals surface area contributed by atoms with Gasteiger partial charge in [-0.2, -0.15) is 4.98 Å². The van der Waals surface area contributed by atoms with Gasteiger partial charge in [0, 0.05) is 44.6 Å². The molecule has 180 valence electrons. The Hall–Kier alpha value is -3.69. The number of hydrogen-bond donors (Lipinski definition) is 2. The molecule has 0 spiro atoms. The molecular weight excluding hydrogens is 441 g/mol. The molecule has 0 radical (unpaired) electrons. The summed E-state index contributed by atoms with van der Waals surface area (Å²) in [4.78, 5) is 22.7. The number of nitrogens with zero attached hydrogens (tertiary/aromatic N) is 4. The first-order chi connectivity index (χ1) is 16.4. The quantitative estimate of drug-likeness (QED) is 0.461. The number of anilines is 2. The van der Waals surface area contributed by atoms with E-state index in [4.69, 9.17) is 14.2 Å². The van der Waals surface area contributed by atoms with Crippen molar-refractivity contribution < 1.29 is 23.6 Å². The van der Waals surface area contributed by atoms with Gasteiger partial charge in [-0.05, 0) is 42.7 Å². The fraction of sp³-hybridized carbons (Fsp3) is 0.417. The van der Waals surface area contributed by atoms with Gasteiger partial charge < -0.3 is 24.6 Å². The maximum atomic E-state index is 14.1. The van der Waals surface area contributed by atoms with Crippen LogP contribution in [0.25, 0.3) is 0 Å². The summed E-state index contributed by atoms with van der Waals surface area (Å²) in [6.07, 6.45) is 2.20. The summed E-state index contributed by atoms with van der Waals surface area (Å²) in [5.41, 5.74) is 2.64. The van der Waals surface area contributed by atoms with Gasteiger partial charge >= 0.3 is 5.97 Å². The predicted molar refractivity (Wildman–Crippen MR) is 124 cm³/mol. The Kier molecular flexibility index (Phi) is 7.24. The SMILES string of the molecule is COc1ccc(C(CC(=O)O)Cc2nc(CCCc3ccc4c(n3)NCCN4C)no2)cc1F. The molecule has 1 atom stereocenters. The molecule has 3 aromatic rings. The normalized spacial score (nSPS) is 13.8. The molecule has 0 fully saturated rings. The van der Waals surface area contributed by atoms with Gasteiger partial charge in [0.25, 0.3) is 0 Å². The number of methoxy groups -OCH3 is 1. The van der Waals surface area contributed by atoms with E-state index < -0.39 is 17.7 Å². The number of fused-ring (bicyclic) bond motifs is 1. The molecule has 1 aromatic carbocycles. The van der Waals surface area contributed by atoms with Crippen LogP contribution >= 0.6 is 0 Å². The summed E-state index contributed by atoms with van der Waals surface area (Å²) < 4.78 is 24.4. The zero-order chi connectivity index (χ0) is 24.1. The number of aliphatic carboxylic acids is 1. The molecule has 1 aliphatic heterocycles. The van der Waals surface area contributed by atoms with Gasteiger partial charge in [-0.25, -0.2) is 9.37 Å². The molecule has 0 aliphatic carbocycles. The van der Waals surface area contributed by atoms with Gasteiger partial charge in [0.1, 0.15) is 5.82 Å². The Morgan fingerprint density at radius 3 is 2.91 bits per heavy atom. The molecular formula is C24H28FN5O4. The van der Waals surface area contributed by atoms with Crippen LogP contribution in [0.5, 0.6) is 5.75 Å². The van der Waals surface area contributed by atoms with Gasteiger partial charge in [0.05, 0.1) is 19.2 Å². The molecule has 0 amide bonds. The van der Waals surface area contributed by atoms with Crippen molar-refractivity contribution >= 4 is 17.5 Å². The fourth-order valence-electron chi connectivity index (χ4n) is 4.10. The lowest BCUT2D eigenvalue weighted by molar-refractivity contribution is -0.137. The largest absolute Gasteiger partial charge is 0.494 e. The first-order valence-corrected chi connectivity index (χ1v) is 11.2. The van der Waals surface area contributed by atoms with Crippen molar-refractivity contribution in [2.45, 2.75) is 38.0 Å². The number of ether oxygens (including phenoxy) is 1. The molecule has 1 unspecified atom stereocenters. The second-order valence-electron chi connectivity index (χ2n) is 8.37. The summed E-state index contributed by atoms with van der Waals surface area (Å²) in [5.74, 6) is -0.131. The van der Waals surface area contributed by atoms with E-state index in [0.717, 1.165) is 43.1 Å². The van der Waals surface area contributed by atoms with Crippen LogP contribution in [0.1, 0.15) is 41.7 Å². The van der Waals surface area contributed by atoms with E-state index in [0.29, 0.717) is 23.7 Å². The van der Waals surface area contributed by atoms with Crippen molar-refractivity contribution in [3.8, 4) is 5.75 Å². The van der Waals surface area contributed by atoms with E-state index in [1.54, 1.807) is 6.07 Å².